The zero-order chi connectivity index (χ0) is 26.8. The molecule has 0 spiro atoms. The topological polar surface area (TPSA) is 154 Å². The maximum atomic E-state index is 13.0. The van der Waals surface area contributed by atoms with Gasteiger partial charge in [0.1, 0.15) is 24.2 Å². The Kier molecular flexibility index (Phi) is 7.11. The molecule has 38 heavy (non-hydrogen) atoms. The first-order chi connectivity index (χ1) is 18.4. The van der Waals surface area contributed by atoms with Crippen LogP contribution in [0.3, 0.4) is 0 Å². The summed E-state index contributed by atoms with van der Waals surface area (Å²) in [5.41, 5.74) is 8.20. The number of aromatic nitrogens is 2. The number of thioether (sulfide) groups is 1. The van der Waals surface area contributed by atoms with Gasteiger partial charge in [0.25, 0.3) is 11.8 Å². The number of nitrogen functional groups attached to an aromatic ring is 1. The Morgan fingerprint density at radius 2 is 1.95 bits per heavy atom. The number of aliphatic carboxylic acids is 1. The van der Waals surface area contributed by atoms with Crippen molar-refractivity contribution in [1.82, 2.24) is 15.2 Å². The Labute approximate surface area is 225 Å². The average Bonchev–Trinajstić information content (AvgIpc) is 3.36. The summed E-state index contributed by atoms with van der Waals surface area (Å²) in [5, 5.41) is 19.7. The van der Waals surface area contributed by atoms with Crippen LogP contribution in [0.5, 0.6) is 0 Å². The molecule has 11 nitrogen and oxygen atoms in total. The first-order valence-corrected chi connectivity index (χ1v) is 13.4. The van der Waals surface area contributed by atoms with Gasteiger partial charge in [0, 0.05) is 28.8 Å². The molecule has 4 heterocycles. The van der Waals surface area contributed by atoms with Crippen LogP contribution in [0.25, 0.3) is 11.1 Å². The molecule has 2 amide bonds. The van der Waals surface area contributed by atoms with Gasteiger partial charge in [-0.1, -0.05) is 35.5 Å². The van der Waals surface area contributed by atoms with E-state index in [-0.39, 0.29) is 28.8 Å². The molecule has 2 aliphatic heterocycles. The zero-order valence-corrected chi connectivity index (χ0v) is 21.7. The molecular weight excluding hydrogens is 528 g/mol. The fourth-order valence-electron chi connectivity index (χ4n) is 4.30. The predicted octanol–water partition coefficient (Wildman–Crippen LogP) is 0.134. The van der Waals surface area contributed by atoms with Crippen LogP contribution in [0, 0.1) is 0 Å². The fourth-order valence-corrected chi connectivity index (χ4v) is 6.18. The third-order valence-electron chi connectivity index (χ3n) is 6.06. The monoisotopic (exact) mass is 550 g/mol. The van der Waals surface area contributed by atoms with Crippen molar-refractivity contribution < 1.29 is 28.9 Å². The number of carbonyl (C=O) groups excluding carboxylic acids is 3. The van der Waals surface area contributed by atoms with Crippen molar-refractivity contribution in [2.45, 2.75) is 18.0 Å². The van der Waals surface area contributed by atoms with Crippen LogP contribution in [0.1, 0.15) is 5.69 Å². The van der Waals surface area contributed by atoms with Crippen LogP contribution in [0.2, 0.25) is 0 Å². The van der Waals surface area contributed by atoms with Gasteiger partial charge in [0.2, 0.25) is 0 Å². The van der Waals surface area contributed by atoms with Crippen molar-refractivity contribution in [3.05, 3.63) is 77.2 Å². The maximum absolute atomic E-state index is 13.0. The Hall–Kier alpha value is -4.23. The third-order valence-corrected chi connectivity index (χ3v) is 8.07. The Balaban J connectivity index is 1.32. The van der Waals surface area contributed by atoms with Gasteiger partial charge in [0.15, 0.2) is 29.8 Å². The molecule has 2 aromatic heterocycles. The summed E-state index contributed by atoms with van der Waals surface area (Å²) in [6, 6.07) is 12.8. The summed E-state index contributed by atoms with van der Waals surface area (Å²) in [4.78, 5) is 48.0. The molecule has 2 aliphatic rings. The maximum Gasteiger partial charge on any atom is 0.276 e. The molecule has 5 rings (SSSR count). The standard InChI is InChI=1S/C25H22N6O5S2/c1-36-29-18(17-13-38-25(26)27-17)21(32)28-19-22(33)31-20(24(34)35)16(12-37-23(19)31)11-30-9-7-15(8-10-30)14-5-3-2-4-6-14/h2-10,13,19,23H,11-12H2,1H3,(H3-,26,27,28,32,34,35)/b29-18-/t19-,23-/m1/s1. The number of benzene rings is 1. The van der Waals surface area contributed by atoms with Gasteiger partial charge in [-0.3, -0.25) is 14.5 Å². The van der Waals surface area contributed by atoms with E-state index in [1.54, 1.807) is 5.38 Å². The van der Waals surface area contributed by atoms with Gasteiger partial charge < -0.3 is 25.8 Å². The summed E-state index contributed by atoms with van der Waals surface area (Å²) < 4.78 is 1.85. The summed E-state index contributed by atoms with van der Waals surface area (Å²) in [6.07, 6.45) is 3.73. The number of pyridine rings is 1. The fraction of sp³-hybridized carbons (Fsp3) is 0.200. The molecule has 194 valence electrons. The number of thiazole rings is 1. The van der Waals surface area contributed by atoms with Crippen LogP contribution in [-0.4, -0.2) is 57.7 Å². The van der Waals surface area contributed by atoms with E-state index in [4.69, 9.17) is 10.6 Å². The number of oxime groups is 1. The normalized spacial score (nSPS) is 19.0. The van der Waals surface area contributed by atoms with E-state index in [1.807, 2.05) is 59.4 Å². The van der Waals surface area contributed by atoms with E-state index in [1.165, 1.54) is 23.8 Å². The second kappa shape index (κ2) is 10.6. The lowest BCUT2D eigenvalue weighted by Crippen LogP contribution is -2.71. The molecule has 1 saturated heterocycles. The van der Waals surface area contributed by atoms with E-state index >= 15 is 0 Å². The smallest absolute Gasteiger partial charge is 0.276 e. The van der Waals surface area contributed by atoms with Crippen molar-refractivity contribution in [2.75, 3.05) is 18.6 Å². The van der Waals surface area contributed by atoms with E-state index in [2.05, 4.69) is 15.5 Å². The van der Waals surface area contributed by atoms with Crippen molar-refractivity contribution in [3.8, 4) is 11.1 Å². The highest BCUT2D eigenvalue weighted by molar-refractivity contribution is 8.00. The SMILES string of the molecule is CO/N=C(\C(=O)N[C@@H]1C(=O)N2C(C(=O)[O-])=C(C[n+]3ccc(-c4ccccc4)cc3)CS[C@H]12)c1csc(N)n1. The van der Waals surface area contributed by atoms with Gasteiger partial charge >= 0.3 is 0 Å². The number of fused-ring (bicyclic) bond motifs is 1. The molecule has 0 radical (unpaired) electrons. The minimum absolute atomic E-state index is 0.140. The van der Waals surface area contributed by atoms with Crippen LogP contribution in [0.4, 0.5) is 5.13 Å². The highest BCUT2D eigenvalue weighted by atomic mass is 32.2. The van der Waals surface area contributed by atoms with E-state index < -0.39 is 29.2 Å². The molecule has 3 aromatic rings. The van der Waals surface area contributed by atoms with Gasteiger partial charge in [-0.2, -0.15) is 0 Å². The molecule has 1 fully saturated rings. The third kappa shape index (κ3) is 4.85. The second-order valence-electron chi connectivity index (χ2n) is 8.42. The molecule has 0 saturated carbocycles. The number of carboxylic acids is 1. The lowest BCUT2D eigenvalue weighted by molar-refractivity contribution is -0.689. The Bertz CT molecular complexity index is 1450. The summed E-state index contributed by atoms with van der Waals surface area (Å²) in [5.74, 6) is -2.33. The number of nitrogens with zero attached hydrogens (tertiary/aromatic N) is 4. The highest BCUT2D eigenvalue weighted by Gasteiger charge is 2.53. The molecule has 2 atom stereocenters. The molecule has 3 N–H and O–H groups in total. The van der Waals surface area contributed by atoms with Gasteiger partial charge in [-0.25, -0.2) is 9.55 Å². The van der Waals surface area contributed by atoms with E-state index in [9.17, 15) is 19.5 Å². The number of amides is 2. The van der Waals surface area contributed by atoms with Crippen molar-refractivity contribution >= 4 is 51.7 Å². The number of nitrogens with two attached hydrogens (primary N) is 1. The summed E-state index contributed by atoms with van der Waals surface area (Å²) >= 11 is 2.49. The summed E-state index contributed by atoms with van der Waals surface area (Å²) in [6.45, 7) is 0.273. The molecule has 13 heteroatoms. The van der Waals surface area contributed by atoms with Gasteiger partial charge in [0.05, 0.1) is 11.7 Å². The lowest BCUT2D eigenvalue weighted by Gasteiger charge is -2.50. The first-order valence-electron chi connectivity index (χ1n) is 11.4. The van der Waals surface area contributed by atoms with Crippen molar-refractivity contribution in [2.24, 2.45) is 5.16 Å². The Morgan fingerprint density at radius 1 is 1.24 bits per heavy atom. The number of anilines is 1. The number of hydrogen-bond donors (Lipinski definition) is 2. The number of β-lactam (4-membered cyclic amide) rings is 1. The first kappa shape index (κ1) is 25.4. The van der Waals surface area contributed by atoms with Gasteiger partial charge in [-0.15, -0.1) is 23.1 Å². The van der Waals surface area contributed by atoms with E-state index in [0.29, 0.717) is 11.3 Å². The predicted molar refractivity (Wildman–Crippen MR) is 139 cm³/mol. The van der Waals surface area contributed by atoms with Crippen LogP contribution in [0.15, 0.2) is 76.7 Å². The highest BCUT2D eigenvalue weighted by Crippen LogP contribution is 2.40. The number of carboxylic acid groups (broad SMARTS) is 1. The van der Waals surface area contributed by atoms with Crippen molar-refractivity contribution in [3.63, 3.8) is 0 Å². The number of carbonyl (C=O) groups is 3. The lowest BCUT2D eigenvalue weighted by atomic mass is 10.0. The van der Waals surface area contributed by atoms with E-state index in [0.717, 1.165) is 22.5 Å². The zero-order valence-electron chi connectivity index (χ0n) is 20.1. The second-order valence-corrected chi connectivity index (χ2v) is 10.4. The number of hydrogen-bond acceptors (Lipinski definition) is 10. The van der Waals surface area contributed by atoms with Crippen molar-refractivity contribution in [1.29, 1.82) is 0 Å². The number of nitrogens with one attached hydrogen (secondary N) is 1. The Morgan fingerprint density at radius 3 is 2.58 bits per heavy atom. The minimum atomic E-state index is -1.44. The van der Waals surface area contributed by atoms with Crippen LogP contribution >= 0.6 is 23.1 Å². The molecule has 0 aliphatic carbocycles. The molecule has 1 aromatic carbocycles. The average molecular weight is 551 g/mol. The molecule has 0 bridgehead atoms. The molecular formula is C25H22N6O5S2. The molecule has 0 unspecified atom stereocenters. The van der Waals surface area contributed by atoms with Gasteiger partial charge in [-0.05, 0) is 11.1 Å². The van der Waals surface area contributed by atoms with Crippen LogP contribution < -0.4 is 20.7 Å². The summed E-state index contributed by atoms with van der Waals surface area (Å²) in [7, 11) is 1.28. The minimum Gasteiger partial charge on any atom is -0.543 e. The quantitative estimate of drug-likeness (QED) is 0.174. The number of rotatable bonds is 8. The van der Waals surface area contributed by atoms with Crippen LogP contribution in [-0.2, 0) is 25.8 Å². The largest absolute Gasteiger partial charge is 0.543 e.